The largest absolute Gasteiger partial charge is 0.493 e. The minimum absolute atomic E-state index is 0.0335. The number of rotatable bonds is 6. The summed E-state index contributed by atoms with van der Waals surface area (Å²) in [6.45, 7) is 2.22. The average Bonchev–Trinajstić information content (AvgIpc) is 2.81. The molecular formula is C29H21F5O. The average molecular weight is 480 g/mol. The second kappa shape index (κ2) is 10.6. The van der Waals surface area contributed by atoms with Crippen molar-refractivity contribution >= 4 is 10.8 Å². The summed E-state index contributed by atoms with van der Waals surface area (Å²) in [7, 11) is 0. The van der Waals surface area contributed by atoms with Gasteiger partial charge in [0.15, 0.2) is 0 Å². The maximum atomic E-state index is 14.6. The second-order valence-corrected chi connectivity index (χ2v) is 8.10. The molecule has 0 heterocycles. The van der Waals surface area contributed by atoms with Gasteiger partial charge >= 0.3 is 0 Å². The van der Waals surface area contributed by atoms with Crippen LogP contribution in [0, 0.1) is 40.9 Å². The summed E-state index contributed by atoms with van der Waals surface area (Å²) in [4.78, 5) is 0. The fourth-order valence-electron chi connectivity index (χ4n) is 3.71. The first-order valence-corrected chi connectivity index (χ1v) is 11.1. The van der Waals surface area contributed by atoms with Crippen molar-refractivity contribution < 1.29 is 26.7 Å². The van der Waals surface area contributed by atoms with E-state index in [1.807, 2.05) is 6.92 Å². The first-order chi connectivity index (χ1) is 16.8. The van der Waals surface area contributed by atoms with Crippen LogP contribution in [0.3, 0.4) is 0 Å². The van der Waals surface area contributed by atoms with Crippen LogP contribution in [0.5, 0.6) is 5.75 Å². The van der Waals surface area contributed by atoms with Gasteiger partial charge in [-0.2, -0.15) is 0 Å². The van der Waals surface area contributed by atoms with E-state index in [0.29, 0.717) is 24.0 Å². The molecule has 35 heavy (non-hydrogen) atoms. The van der Waals surface area contributed by atoms with Crippen molar-refractivity contribution in [2.24, 2.45) is 0 Å². The van der Waals surface area contributed by atoms with Crippen molar-refractivity contribution in [3.63, 3.8) is 0 Å². The highest BCUT2D eigenvalue weighted by molar-refractivity contribution is 5.84. The van der Waals surface area contributed by atoms with E-state index in [4.69, 9.17) is 4.74 Å². The molecule has 0 saturated heterocycles. The predicted molar refractivity (Wildman–Crippen MR) is 126 cm³/mol. The van der Waals surface area contributed by atoms with Crippen LogP contribution in [0.4, 0.5) is 22.0 Å². The smallest absolute Gasteiger partial charge is 0.142 e. The monoisotopic (exact) mass is 480 g/mol. The lowest BCUT2D eigenvalue weighted by Gasteiger charge is -2.10. The van der Waals surface area contributed by atoms with Crippen LogP contribution < -0.4 is 4.74 Å². The Labute approximate surface area is 200 Å². The zero-order chi connectivity index (χ0) is 24.9. The molecule has 178 valence electrons. The number of hydrogen-bond acceptors (Lipinski definition) is 1. The van der Waals surface area contributed by atoms with E-state index >= 15 is 0 Å². The quantitative estimate of drug-likeness (QED) is 0.205. The molecule has 0 atom stereocenters. The second-order valence-electron chi connectivity index (χ2n) is 8.10. The molecule has 0 saturated carbocycles. The summed E-state index contributed by atoms with van der Waals surface area (Å²) in [5.74, 6) is 1.72. The molecule has 0 aliphatic rings. The van der Waals surface area contributed by atoms with E-state index in [0.717, 1.165) is 29.7 Å². The first kappa shape index (κ1) is 24.3. The molecular weight excluding hydrogens is 459 g/mol. The highest BCUT2D eigenvalue weighted by atomic mass is 19.1. The molecule has 0 amide bonds. The van der Waals surface area contributed by atoms with Crippen molar-refractivity contribution in [1.82, 2.24) is 0 Å². The van der Waals surface area contributed by atoms with Gasteiger partial charge in [-0.25, -0.2) is 22.0 Å². The van der Waals surface area contributed by atoms with E-state index in [1.165, 1.54) is 12.1 Å². The van der Waals surface area contributed by atoms with Gasteiger partial charge in [-0.1, -0.05) is 30.9 Å². The highest BCUT2D eigenvalue weighted by Gasteiger charge is 2.14. The van der Waals surface area contributed by atoms with Gasteiger partial charge in [0.1, 0.15) is 34.8 Å². The van der Waals surface area contributed by atoms with Gasteiger partial charge in [0.05, 0.1) is 12.2 Å². The lowest BCUT2D eigenvalue weighted by molar-refractivity contribution is 0.313. The van der Waals surface area contributed by atoms with Crippen LogP contribution in [0.2, 0.25) is 0 Å². The van der Waals surface area contributed by atoms with Crippen LogP contribution in [-0.4, -0.2) is 6.61 Å². The Balaban J connectivity index is 1.51. The maximum Gasteiger partial charge on any atom is 0.142 e. The summed E-state index contributed by atoms with van der Waals surface area (Å²) < 4.78 is 76.5. The summed E-state index contributed by atoms with van der Waals surface area (Å²) >= 11 is 0. The van der Waals surface area contributed by atoms with E-state index < -0.39 is 28.8 Å². The Morgan fingerprint density at radius 1 is 0.686 bits per heavy atom. The topological polar surface area (TPSA) is 9.23 Å². The van der Waals surface area contributed by atoms with Gasteiger partial charge in [0.25, 0.3) is 0 Å². The summed E-state index contributed by atoms with van der Waals surface area (Å²) in [6, 6.07) is 13.8. The van der Waals surface area contributed by atoms with Gasteiger partial charge < -0.3 is 4.74 Å². The number of aryl methyl sites for hydroxylation is 1. The summed E-state index contributed by atoms with van der Waals surface area (Å²) in [5, 5.41) is 1.44. The van der Waals surface area contributed by atoms with Crippen LogP contribution in [0.25, 0.3) is 10.8 Å². The van der Waals surface area contributed by atoms with E-state index in [2.05, 4.69) is 11.8 Å². The van der Waals surface area contributed by atoms with Crippen LogP contribution in [-0.2, 0) is 12.8 Å². The lowest BCUT2D eigenvalue weighted by Crippen LogP contribution is -2.03. The Bertz CT molecular complexity index is 1400. The predicted octanol–water partition coefficient (Wildman–Crippen LogP) is 7.51. The third-order valence-corrected chi connectivity index (χ3v) is 5.49. The molecule has 0 aliphatic carbocycles. The first-order valence-electron chi connectivity index (χ1n) is 11.1. The Kier molecular flexibility index (Phi) is 7.36. The molecule has 4 aromatic carbocycles. The molecule has 0 fully saturated rings. The van der Waals surface area contributed by atoms with Gasteiger partial charge in [-0.3, -0.25) is 0 Å². The van der Waals surface area contributed by atoms with Crippen LogP contribution in [0.15, 0.2) is 60.7 Å². The van der Waals surface area contributed by atoms with Crippen molar-refractivity contribution in [1.29, 1.82) is 0 Å². The Hall–Kier alpha value is -3.85. The minimum Gasteiger partial charge on any atom is -0.493 e. The lowest BCUT2D eigenvalue weighted by atomic mass is 10.0. The summed E-state index contributed by atoms with van der Waals surface area (Å²) in [5.41, 5.74) is 0.199. The Morgan fingerprint density at radius 3 is 2.03 bits per heavy atom. The molecule has 0 aromatic heterocycles. The molecule has 4 rings (SSSR count). The maximum absolute atomic E-state index is 14.6. The molecule has 0 bridgehead atoms. The fourth-order valence-corrected chi connectivity index (χ4v) is 3.71. The van der Waals surface area contributed by atoms with Crippen molar-refractivity contribution in [3.8, 4) is 17.6 Å². The number of halogens is 5. The molecule has 1 nitrogen and oxygen atoms in total. The normalized spacial score (nSPS) is 10.8. The molecule has 0 aliphatic heterocycles. The van der Waals surface area contributed by atoms with Gasteiger partial charge in [0, 0.05) is 23.3 Å². The van der Waals surface area contributed by atoms with E-state index in [1.54, 1.807) is 24.3 Å². The fraction of sp³-hybridized carbons (Fsp3) is 0.172. The summed E-state index contributed by atoms with van der Waals surface area (Å²) in [6.07, 6.45) is 0.658. The third-order valence-electron chi connectivity index (χ3n) is 5.49. The zero-order valence-electron chi connectivity index (χ0n) is 18.9. The third kappa shape index (κ3) is 5.81. The van der Waals surface area contributed by atoms with Gasteiger partial charge in [0.2, 0.25) is 0 Å². The highest BCUT2D eigenvalue weighted by Crippen LogP contribution is 2.24. The van der Waals surface area contributed by atoms with E-state index in [-0.39, 0.29) is 35.5 Å². The number of fused-ring (bicyclic) bond motifs is 1. The van der Waals surface area contributed by atoms with Crippen LogP contribution >= 0.6 is 0 Å². The zero-order valence-corrected chi connectivity index (χ0v) is 18.9. The molecule has 0 N–H and O–H groups in total. The molecule has 6 heteroatoms. The molecule has 0 spiro atoms. The van der Waals surface area contributed by atoms with Crippen molar-refractivity contribution in [2.75, 3.05) is 6.61 Å². The molecule has 0 unspecified atom stereocenters. The number of hydrogen-bond donors (Lipinski definition) is 0. The van der Waals surface area contributed by atoms with Gasteiger partial charge in [-0.15, -0.1) is 0 Å². The number of benzene rings is 4. The minimum atomic E-state index is -0.861. The van der Waals surface area contributed by atoms with Crippen molar-refractivity contribution in [2.45, 2.75) is 26.2 Å². The Morgan fingerprint density at radius 2 is 1.34 bits per heavy atom. The van der Waals surface area contributed by atoms with E-state index in [9.17, 15) is 22.0 Å². The molecule has 0 radical (unpaired) electrons. The standard InChI is InChI=1S/C29H21F5O/c1-2-11-35-23-16-28(33)25(29(34)17-23)10-5-19-13-26(31)24(27(32)14-19)9-4-18-3-6-21-15-22(30)8-7-20(21)12-18/h3,6-8,12-17H,2,5,10-11H2,1H3. The van der Waals surface area contributed by atoms with Gasteiger partial charge in [-0.05, 0) is 72.0 Å². The number of ether oxygens (including phenoxy) is 1. The van der Waals surface area contributed by atoms with Crippen molar-refractivity contribution in [3.05, 3.63) is 112 Å². The van der Waals surface area contributed by atoms with Crippen LogP contribution in [0.1, 0.15) is 35.6 Å². The molecule has 4 aromatic rings. The SMILES string of the molecule is CCCOc1cc(F)c(CCc2cc(F)c(C#Cc3ccc4cc(F)ccc4c3)c(F)c2)c(F)c1.